The Hall–Kier alpha value is -7.20. The number of nitrogens with zero attached hydrogens (tertiary/aromatic N) is 2. The summed E-state index contributed by atoms with van der Waals surface area (Å²) in [6.45, 7) is 0. The minimum atomic E-state index is -0.422. The first-order chi connectivity index (χ1) is 31.2. The van der Waals surface area contributed by atoms with E-state index in [0.717, 1.165) is 49.7 Å². The van der Waals surface area contributed by atoms with Crippen LogP contribution in [0.4, 0.5) is 0 Å². The molecule has 0 N–H and O–H groups in total. The van der Waals surface area contributed by atoms with Gasteiger partial charge in [-0.1, -0.05) is 139 Å². The summed E-state index contributed by atoms with van der Waals surface area (Å²) in [5.74, 6) is 0. The third-order valence-electron chi connectivity index (χ3n) is 11.2. The van der Waals surface area contributed by atoms with Crippen LogP contribution in [-0.4, -0.2) is 9.13 Å². The maximum Gasteiger partial charge on any atom is 0.0645 e. The number of hydrogen-bond donors (Lipinski definition) is 0. The second kappa shape index (κ2) is 12.7. The van der Waals surface area contributed by atoms with Gasteiger partial charge in [0.1, 0.15) is 0 Å². The molecular weight excluding hydrogens is 709 g/mol. The van der Waals surface area contributed by atoms with Crippen molar-refractivity contribution in [2.45, 2.75) is 0 Å². The van der Waals surface area contributed by atoms with Crippen molar-refractivity contribution in [1.29, 1.82) is 0 Å². The maximum atomic E-state index is 9.97. The lowest BCUT2D eigenvalue weighted by atomic mass is 9.99. The van der Waals surface area contributed by atoms with E-state index in [2.05, 4.69) is 77.4 Å². The van der Waals surface area contributed by atoms with Crippen LogP contribution in [0.2, 0.25) is 0 Å². The fraction of sp³-hybridized carbons (Fsp3) is 0. The maximum absolute atomic E-state index is 9.97. The topological polar surface area (TPSA) is 9.86 Å². The number of thiophene rings is 1. The van der Waals surface area contributed by atoms with Gasteiger partial charge < -0.3 is 9.13 Å². The molecule has 0 aliphatic heterocycles. The first-order valence-electron chi connectivity index (χ1n) is 22.4. The average Bonchev–Trinajstić information content (AvgIpc) is 4.01. The fourth-order valence-electron chi connectivity index (χ4n) is 8.53. The van der Waals surface area contributed by atoms with E-state index in [4.69, 9.17) is 2.74 Å². The van der Waals surface area contributed by atoms with Gasteiger partial charge in [0.25, 0.3) is 0 Å². The van der Waals surface area contributed by atoms with Crippen LogP contribution >= 0.6 is 11.3 Å². The molecule has 0 unspecified atom stereocenters. The molecule has 0 aliphatic rings. The van der Waals surface area contributed by atoms with Crippen LogP contribution in [0.3, 0.4) is 0 Å². The number of para-hydroxylation sites is 1. The van der Waals surface area contributed by atoms with E-state index in [9.17, 15) is 6.85 Å². The van der Waals surface area contributed by atoms with Gasteiger partial charge in [0.15, 0.2) is 0 Å². The minimum Gasteiger partial charge on any atom is -0.309 e. The number of benzene rings is 9. The molecule has 9 aromatic carbocycles. The average molecular weight is 750 g/mol. The van der Waals surface area contributed by atoms with Crippen molar-refractivity contribution < 1.29 is 9.60 Å². The highest BCUT2D eigenvalue weighted by Crippen LogP contribution is 2.43. The van der Waals surface area contributed by atoms with E-state index in [0.29, 0.717) is 11.3 Å². The molecule has 12 aromatic rings. The number of hydrogen-bond acceptors (Lipinski definition) is 1. The van der Waals surface area contributed by atoms with E-state index in [1.54, 1.807) is 15.9 Å². The molecule has 3 aromatic heterocycles. The summed E-state index contributed by atoms with van der Waals surface area (Å²) in [5, 5.41) is 4.65. The molecule has 0 atom stereocenters. The Labute approximate surface area is 343 Å². The summed E-state index contributed by atoms with van der Waals surface area (Å²) in [6, 6.07) is 53.2. The molecular formula is C54H34N2S. The van der Waals surface area contributed by atoms with E-state index >= 15 is 0 Å². The van der Waals surface area contributed by atoms with E-state index < -0.39 is 12.1 Å². The Kier molecular flexibility index (Phi) is 5.74. The number of rotatable bonds is 5. The third-order valence-corrected chi connectivity index (χ3v) is 12.4. The normalized spacial score (nSPS) is 13.6. The summed E-state index contributed by atoms with van der Waals surface area (Å²) in [7, 11) is 0. The molecule has 57 heavy (non-hydrogen) atoms. The van der Waals surface area contributed by atoms with Gasteiger partial charge in [0, 0.05) is 42.7 Å². The Morgan fingerprint density at radius 2 is 0.982 bits per heavy atom. The lowest BCUT2D eigenvalue weighted by Gasteiger charge is -2.11. The summed E-state index contributed by atoms with van der Waals surface area (Å²) in [6.07, 6.45) is 0. The van der Waals surface area contributed by atoms with Crippen LogP contribution in [0.25, 0.3) is 109 Å². The van der Waals surface area contributed by atoms with Crippen molar-refractivity contribution in [3.63, 3.8) is 0 Å². The Morgan fingerprint density at radius 3 is 1.75 bits per heavy atom. The van der Waals surface area contributed by atoms with Crippen LogP contribution < -0.4 is 0 Å². The second-order valence-electron chi connectivity index (χ2n) is 14.4. The van der Waals surface area contributed by atoms with Crippen molar-refractivity contribution >= 4 is 75.1 Å². The van der Waals surface area contributed by atoms with Crippen molar-refractivity contribution in [1.82, 2.24) is 9.13 Å². The summed E-state index contributed by atoms with van der Waals surface area (Å²) >= 11 is 1.77. The van der Waals surface area contributed by atoms with Gasteiger partial charge in [-0.05, 0) is 100 Å². The molecule has 0 bridgehead atoms. The smallest absolute Gasteiger partial charge is 0.0645 e. The van der Waals surface area contributed by atoms with Gasteiger partial charge in [-0.15, -0.1) is 11.3 Å². The molecule has 0 amide bonds. The van der Waals surface area contributed by atoms with Gasteiger partial charge in [-0.2, -0.15) is 0 Å². The molecule has 3 heteroatoms. The van der Waals surface area contributed by atoms with Gasteiger partial charge >= 0.3 is 0 Å². The molecule has 0 fully saturated rings. The van der Waals surface area contributed by atoms with Crippen LogP contribution in [0.5, 0.6) is 0 Å². The van der Waals surface area contributed by atoms with Crippen LogP contribution in [0, 0.1) is 0 Å². The van der Waals surface area contributed by atoms with E-state index in [1.807, 2.05) is 91.0 Å². The van der Waals surface area contributed by atoms with E-state index in [1.165, 1.54) is 20.2 Å². The second-order valence-corrected chi connectivity index (χ2v) is 15.4. The number of aromatic nitrogens is 2. The SMILES string of the molecule is [2H]c1c([2H])c([2H])c2c(c1[2H])c1c([2H])c(-c3ccc4c(c3)c3cc(-c5ccccc5)ccc3n4-c3cccc4c3sc3ccccc34)c([2H])c([2H])c1n2-c1cccc(-c2ccccc2)c1. The zero-order valence-electron chi connectivity index (χ0n) is 37.4. The highest BCUT2D eigenvalue weighted by Gasteiger charge is 2.19. The highest BCUT2D eigenvalue weighted by molar-refractivity contribution is 7.26. The van der Waals surface area contributed by atoms with Crippen LogP contribution in [-0.2, 0) is 0 Å². The van der Waals surface area contributed by atoms with Crippen molar-refractivity contribution in [3.05, 3.63) is 206 Å². The molecule has 2 nitrogen and oxygen atoms in total. The van der Waals surface area contributed by atoms with Crippen LogP contribution in [0.1, 0.15) is 9.60 Å². The van der Waals surface area contributed by atoms with Crippen molar-refractivity contribution in [2.75, 3.05) is 0 Å². The van der Waals surface area contributed by atoms with Crippen molar-refractivity contribution in [2.24, 2.45) is 0 Å². The van der Waals surface area contributed by atoms with Crippen LogP contribution in [0.15, 0.2) is 206 Å². The Morgan fingerprint density at radius 1 is 0.368 bits per heavy atom. The molecule has 12 rings (SSSR count). The Balaban J connectivity index is 1.15. The summed E-state index contributed by atoms with van der Waals surface area (Å²) < 4.78 is 71.5. The molecule has 3 heterocycles. The van der Waals surface area contributed by atoms with E-state index in [-0.39, 0.29) is 57.6 Å². The number of fused-ring (bicyclic) bond motifs is 9. The lowest BCUT2D eigenvalue weighted by Crippen LogP contribution is -1.94. The molecule has 0 saturated carbocycles. The predicted octanol–water partition coefficient (Wildman–Crippen LogP) is 15.2. The monoisotopic (exact) mass is 749 g/mol. The first-order valence-corrected chi connectivity index (χ1v) is 19.8. The molecule has 0 radical (unpaired) electrons. The largest absolute Gasteiger partial charge is 0.309 e. The minimum absolute atomic E-state index is 0.0768. The van der Waals surface area contributed by atoms with Gasteiger partial charge in [-0.3, -0.25) is 0 Å². The highest BCUT2D eigenvalue weighted by atomic mass is 32.1. The van der Waals surface area contributed by atoms with Gasteiger partial charge in [0.05, 0.1) is 42.0 Å². The molecule has 0 aliphatic carbocycles. The zero-order valence-corrected chi connectivity index (χ0v) is 31.2. The third kappa shape index (κ3) is 5.03. The summed E-state index contributed by atoms with van der Waals surface area (Å²) in [5.41, 5.74) is 8.65. The Bertz CT molecular complexity index is 3930. The quantitative estimate of drug-likeness (QED) is 0.166. The zero-order chi connectivity index (χ0) is 43.5. The van der Waals surface area contributed by atoms with Crippen molar-refractivity contribution in [3.8, 4) is 44.8 Å². The summed E-state index contributed by atoms with van der Waals surface area (Å²) in [4.78, 5) is 0. The first kappa shape index (κ1) is 25.8. The molecule has 0 spiro atoms. The van der Waals surface area contributed by atoms with Gasteiger partial charge in [0.2, 0.25) is 0 Å². The van der Waals surface area contributed by atoms with Gasteiger partial charge in [-0.25, -0.2) is 0 Å². The lowest BCUT2D eigenvalue weighted by molar-refractivity contribution is 1.18. The standard InChI is InChI=1S/C54H34N2S/c1-3-13-35(14-4-1)37-17-11-18-41(31-37)55-48-22-9-7-19-42(48)45-33-39(26-28-49(45)55)40-27-30-51-47(34-40)46-32-38(36-15-5-2-6-16-36)25-29-50(46)56(51)52-23-12-21-44-43-20-8-10-24-53(43)57-54(44)52/h1-34H/i7D,9D,19D,22D,26D,28D,33D. The molecule has 266 valence electrons. The predicted molar refractivity (Wildman–Crippen MR) is 244 cm³/mol. The molecule has 0 saturated heterocycles. The fourth-order valence-corrected chi connectivity index (χ4v) is 9.74.